The third kappa shape index (κ3) is 5.55. The van der Waals surface area contributed by atoms with Crippen molar-refractivity contribution in [3.8, 4) is 11.3 Å². The van der Waals surface area contributed by atoms with Crippen molar-refractivity contribution in [1.29, 1.82) is 0 Å². The quantitative estimate of drug-likeness (QED) is 0.101. The molecular weight excluding hydrogens is 526 g/mol. The van der Waals surface area contributed by atoms with Crippen molar-refractivity contribution in [3.05, 3.63) is 103 Å². The highest BCUT2D eigenvalue weighted by molar-refractivity contribution is 7.16. The molecule has 2 aromatic carbocycles. The molecule has 5 rings (SSSR count). The number of non-ortho nitro benzene ring substituents is 1. The van der Waals surface area contributed by atoms with E-state index in [1.165, 1.54) is 41.3 Å². The van der Waals surface area contributed by atoms with Gasteiger partial charge in [0, 0.05) is 42.2 Å². The average Bonchev–Trinajstić information content (AvgIpc) is 3.52. The predicted octanol–water partition coefficient (Wildman–Crippen LogP) is 7.06. The number of rotatable bonds is 8. The molecule has 1 aliphatic rings. The zero-order valence-electron chi connectivity index (χ0n) is 20.6. The highest BCUT2D eigenvalue weighted by Crippen LogP contribution is 2.40. The van der Waals surface area contributed by atoms with Gasteiger partial charge >= 0.3 is 5.97 Å². The number of benzene rings is 2. The van der Waals surface area contributed by atoms with Gasteiger partial charge in [-0.3, -0.25) is 15.0 Å². The van der Waals surface area contributed by atoms with Gasteiger partial charge in [0.25, 0.3) is 5.69 Å². The van der Waals surface area contributed by atoms with Crippen molar-refractivity contribution < 1.29 is 18.9 Å². The van der Waals surface area contributed by atoms with Gasteiger partial charge in [0.05, 0.1) is 28.3 Å². The fourth-order valence-electron chi connectivity index (χ4n) is 4.43. The molecule has 10 heteroatoms. The molecule has 1 aliphatic heterocycles. The summed E-state index contributed by atoms with van der Waals surface area (Å²) in [5.74, 6) is 0.430. The highest BCUT2D eigenvalue weighted by Gasteiger charge is 2.28. The Labute approximate surface area is 228 Å². The van der Waals surface area contributed by atoms with E-state index in [1.807, 2.05) is 18.2 Å². The lowest BCUT2D eigenvalue weighted by Crippen LogP contribution is -2.29. The number of carbonyl (C=O) groups excluding carboxylic acids is 1. The van der Waals surface area contributed by atoms with E-state index < -0.39 is 4.92 Å². The number of ether oxygens (including phenoxy) is 1. The summed E-state index contributed by atoms with van der Waals surface area (Å²) in [6.45, 7) is 4.45. The molecule has 0 N–H and O–H groups in total. The zero-order chi connectivity index (χ0) is 26.6. The van der Waals surface area contributed by atoms with Crippen molar-refractivity contribution >= 4 is 45.8 Å². The minimum atomic E-state index is -0.485. The van der Waals surface area contributed by atoms with Crippen LogP contribution in [0.2, 0.25) is 5.02 Å². The van der Waals surface area contributed by atoms with Crippen LogP contribution in [0.4, 0.5) is 10.7 Å². The molecule has 0 saturated carbocycles. The van der Waals surface area contributed by atoms with Gasteiger partial charge in [0.1, 0.15) is 16.5 Å². The van der Waals surface area contributed by atoms with Gasteiger partial charge in [-0.1, -0.05) is 41.9 Å². The normalized spacial score (nSPS) is 13.5. The predicted molar refractivity (Wildman–Crippen MR) is 148 cm³/mol. The summed E-state index contributed by atoms with van der Waals surface area (Å²) in [4.78, 5) is 31.6. The zero-order valence-corrected chi connectivity index (χ0v) is 22.1. The molecule has 194 valence electrons. The molecule has 4 aromatic rings. The van der Waals surface area contributed by atoms with Crippen molar-refractivity contribution in [2.45, 2.75) is 26.4 Å². The number of halogens is 1. The number of thiophene rings is 1. The van der Waals surface area contributed by atoms with Crippen molar-refractivity contribution in [1.82, 2.24) is 4.90 Å². The van der Waals surface area contributed by atoms with Gasteiger partial charge in [0.15, 0.2) is 0 Å². The molecule has 0 unspecified atom stereocenters. The Bertz CT molecular complexity index is 1510. The van der Waals surface area contributed by atoms with Crippen LogP contribution in [0.15, 0.2) is 70.1 Å². The molecule has 38 heavy (non-hydrogen) atoms. The average molecular weight is 550 g/mol. The number of nitro groups is 1. The smallest absolute Gasteiger partial charge is 0.341 e. The van der Waals surface area contributed by atoms with E-state index in [-0.39, 0.29) is 18.3 Å². The lowest BCUT2D eigenvalue weighted by atomic mass is 10.0. The van der Waals surface area contributed by atoms with Gasteiger partial charge in [-0.15, -0.1) is 11.3 Å². The first-order valence-corrected chi connectivity index (χ1v) is 13.3. The Balaban J connectivity index is 1.41. The minimum Gasteiger partial charge on any atom is -0.462 e. The third-order valence-corrected chi connectivity index (χ3v) is 7.66. The van der Waals surface area contributed by atoms with E-state index in [1.54, 1.807) is 19.1 Å². The summed E-state index contributed by atoms with van der Waals surface area (Å²) in [6.07, 6.45) is 2.27. The number of esters is 1. The van der Waals surface area contributed by atoms with E-state index in [4.69, 9.17) is 20.8 Å². The van der Waals surface area contributed by atoms with E-state index >= 15 is 0 Å². The maximum Gasteiger partial charge on any atom is 0.341 e. The Morgan fingerprint density at radius 2 is 2.05 bits per heavy atom. The molecule has 3 heterocycles. The van der Waals surface area contributed by atoms with Crippen LogP contribution in [0.3, 0.4) is 0 Å². The lowest BCUT2D eigenvalue weighted by Gasteiger charge is -2.27. The lowest BCUT2D eigenvalue weighted by molar-refractivity contribution is -0.384. The van der Waals surface area contributed by atoms with Crippen LogP contribution in [0.1, 0.15) is 39.0 Å². The summed E-state index contributed by atoms with van der Waals surface area (Å²) in [6, 6.07) is 17.9. The fraction of sp³-hybridized carbons (Fsp3) is 0.214. The van der Waals surface area contributed by atoms with Gasteiger partial charge in [-0.05, 0) is 42.7 Å². The standard InChI is InChI=1S/C28H24ClN3O5S/c1-2-36-28(33)26-21-12-13-31(16-18-6-4-3-5-7-18)17-25(21)38-27(26)30-15-20-9-11-24(37-20)22-14-19(32(34)35)8-10-23(22)29/h3-11,14-15H,2,12-13,16-17H2,1H3. The van der Waals surface area contributed by atoms with Crippen molar-refractivity contribution in [3.63, 3.8) is 0 Å². The first kappa shape index (κ1) is 25.8. The second kappa shape index (κ2) is 11.3. The summed E-state index contributed by atoms with van der Waals surface area (Å²) in [5.41, 5.74) is 3.08. The topological polar surface area (TPSA) is 98.2 Å². The summed E-state index contributed by atoms with van der Waals surface area (Å²) in [7, 11) is 0. The van der Waals surface area contributed by atoms with Crippen molar-refractivity contribution in [2.24, 2.45) is 4.99 Å². The number of hydrogen-bond acceptors (Lipinski definition) is 8. The van der Waals surface area contributed by atoms with Crippen LogP contribution in [0.5, 0.6) is 0 Å². The second-order valence-corrected chi connectivity index (χ2v) is 10.2. The highest BCUT2D eigenvalue weighted by atomic mass is 35.5. The van der Waals surface area contributed by atoms with Crippen LogP contribution in [-0.2, 0) is 24.2 Å². The first-order valence-electron chi connectivity index (χ1n) is 12.1. The molecule has 0 fully saturated rings. The summed E-state index contributed by atoms with van der Waals surface area (Å²) >= 11 is 7.74. The van der Waals surface area contributed by atoms with Gasteiger partial charge in [-0.25, -0.2) is 9.79 Å². The molecule has 0 saturated heterocycles. The van der Waals surface area contributed by atoms with Gasteiger partial charge < -0.3 is 9.15 Å². The first-order chi connectivity index (χ1) is 18.4. The van der Waals surface area contributed by atoms with Crippen LogP contribution in [0, 0.1) is 10.1 Å². The van der Waals surface area contributed by atoms with Gasteiger partial charge in [0.2, 0.25) is 0 Å². The molecule has 2 aromatic heterocycles. The number of fused-ring (bicyclic) bond motifs is 1. The van der Waals surface area contributed by atoms with E-state index in [9.17, 15) is 14.9 Å². The number of carbonyl (C=O) groups is 1. The van der Waals surface area contributed by atoms with Crippen LogP contribution < -0.4 is 0 Å². The fourth-order valence-corrected chi connectivity index (χ4v) is 5.86. The minimum absolute atomic E-state index is 0.0828. The number of nitro benzene ring substituents is 1. The molecule has 0 radical (unpaired) electrons. The number of furan rings is 1. The molecule has 0 aliphatic carbocycles. The SMILES string of the molecule is CCOC(=O)c1c(N=Cc2ccc(-c3cc([N+](=O)[O-])ccc3Cl)o2)sc2c1CCN(Cc1ccccc1)C2. The third-order valence-electron chi connectivity index (χ3n) is 6.21. The van der Waals surface area contributed by atoms with E-state index in [0.29, 0.717) is 32.7 Å². The van der Waals surface area contributed by atoms with Crippen LogP contribution >= 0.6 is 22.9 Å². The molecule has 0 atom stereocenters. The maximum atomic E-state index is 12.9. The maximum absolute atomic E-state index is 12.9. The van der Waals surface area contributed by atoms with Gasteiger partial charge in [-0.2, -0.15) is 0 Å². The van der Waals surface area contributed by atoms with E-state index in [2.05, 4.69) is 22.0 Å². The Morgan fingerprint density at radius 3 is 2.82 bits per heavy atom. The number of hydrogen-bond donors (Lipinski definition) is 0. The summed E-state index contributed by atoms with van der Waals surface area (Å²) < 4.78 is 11.2. The monoisotopic (exact) mass is 549 g/mol. The molecule has 0 amide bonds. The van der Waals surface area contributed by atoms with Crippen LogP contribution in [-0.4, -0.2) is 35.2 Å². The second-order valence-electron chi connectivity index (χ2n) is 8.73. The van der Waals surface area contributed by atoms with Crippen molar-refractivity contribution in [2.75, 3.05) is 13.2 Å². The Kier molecular flexibility index (Phi) is 7.69. The molecule has 0 bridgehead atoms. The number of nitrogens with zero attached hydrogens (tertiary/aromatic N) is 3. The van der Waals surface area contributed by atoms with Crippen LogP contribution in [0.25, 0.3) is 11.3 Å². The number of aliphatic imine (C=N–C) groups is 1. The van der Waals surface area contributed by atoms with E-state index in [0.717, 1.165) is 36.5 Å². The molecule has 0 spiro atoms. The Hall–Kier alpha value is -3.79. The Morgan fingerprint density at radius 1 is 1.24 bits per heavy atom. The summed E-state index contributed by atoms with van der Waals surface area (Å²) in [5, 5.41) is 12.1. The largest absolute Gasteiger partial charge is 0.462 e. The molecule has 8 nitrogen and oxygen atoms in total. The molecular formula is C28H24ClN3O5S.